The van der Waals surface area contributed by atoms with Crippen LogP contribution in [0.25, 0.3) is 10.9 Å². The minimum absolute atomic E-state index is 0.665. The predicted molar refractivity (Wildman–Crippen MR) is 88.5 cm³/mol. The first-order chi connectivity index (χ1) is 10.4. The average Bonchev–Trinajstić information content (AvgIpc) is 2.55. The van der Waals surface area contributed by atoms with Crippen molar-refractivity contribution in [3.8, 4) is 0 Å². The molecule has 2 aliphatic carbocycles. The second kappa shape index (κ2) is 5.67. The highest BCUT2D eigenvalue weighted by molar-refractivity contribution is 5.82. The van der Waals surface area contributed by atoms with Gasteiger partial charge in [-0.25, -0.2) is 0 Å². The lowest BCUT2D eigenvalue weighted by atomic mass is 9.69. The zero-order valence-electron chi connectivity index (χ0n) is 12.6. The fourth-order valence-electron chi connectivity index (χ4n) is 4.41. The number of pyridine rings is 1. The fourth-order valence-corrected chi connectivity index (χ4v) is 4.41. The number of rotatable bonds is 2. The van der Waals surface area contributed by atoms with Gasteiger partial charge in [0.2, 0.25) is 0 Å². The molecule has 0 radical (unpaired) electrons. The molecule has 0 aliphatic heterocycles. The lowest BCUT2D eigenvalue weighted by molar-refractivity contribution is 0.162. The Morgan fingerprint density at radius 2 is 1.86 bits per heavy atom. The van der Waals surface area contributed by atoms with E-state index in [4.69, 9.17) is 0 Å². The number of hydrogen-bond acceptors (Lipinski definition) is 2. The van der Waals surface area contributed by atoms with E-state index in [9.17, 15) is 0 Å². The molecule has 110 valence electrons. The molecule has 0 saturated heterocycles. The van der Waals surface area contributed by atoms with Crippen molar-refractivity contribution in [2.24, 2.45) is 11.8 Å². The molecule has 2 saturated carbocycles. The molecule has 2 nitrogen and oxygen atoms in total. The van der Waals surface area contributed by atoms with Crippen LogP contribution in [0.2, 0.25) is 0 Å². The molecule has 2 fully saturated rings. The Labute approximate surface area is 127 Å². The van der Waals surface area contributed by atoms with Crippen LogP contribution in [0.1, 0.15) is 44.9 Å². The highest BCUT2D eigenvalue weighted by Gasteiger charge is 2.31. The molecule has 2 heteroatoms. The maximum Gasteiger partial charge on any atom is 0.0703 e. The van der Waals surface area contributed by atoms with Crippen LogP contribution in [0.15, 0.2) is 36.5 Å². The van der Waals surface area contributed by atoms with Crippen molar-refractivity contribution < 1.29 is 0 Å². The molecule has 21 heavy (non-hydrogen) atoms. The molecule has 0 spiro atoms. The number of fused-ring (bicyclic) bond motifs is 2. The highest BCUT2D eigenvalue weighted by atomic mass is 14.9. The molecule has 3 unspecified atom stereocenters. The van der Waals surface area contributed by atoms with E-state index in [-0.39, 0.29) is 0 Å². The second-order valence-corrected chi connectivity index (χ2v) is 6.87. The van der Waals surface area contributed by atoms with Gasteiger partial charge in [-0.1, -0.05) is 31.7 Å². The Kier molecular flexibility index (Phi) is 3.54. The summed E-state index contributed by atoms with van der Waals surface area (Å²) in [6.45, 7) is 0. The van der Waals surface area contributed by atoms with Gasteiger partial charge in [-0.3, -0.25) is 4.98 Å². The second-order valence-electron chi connectivity index (χ2n) is 6.87. The molecule has 3 atom stereocenters. The third kappa shape index (κ3) is 2.76. The summed E-state index contributed by atoms with van der Waals surface area (Å²) in [6, 6.07) is 11.4. The summed E-state index contributed by atoms with van der Waals surface area (Å²) in [7, 11) is 0. The van der Waals surface area contributed by atoms with Gasteiger partial charge in [0.25, 0.3) is 0 Å². The van der Waals surface area contributed by atoms with E-state index in [1.807, 2.05) is 12.3 Å². The van der Waals surface area contributed by atoms with Crippen LogP contribution >= 0.6 is 0 Å². The minimum atomic E-state index is 0.665. The zero-order valence-corrected chi connectivity index (χ0v) is 12.6. The van der Waals surface area contributed by atoms with Gasteiger partial charge in [0.1, 0.15) is 0 Å². The molecule has 4 rings (SSSR count). The van der Waals surface area contributed by atoms with E-state index < -0.39 is 0 Å². The van der Waals surface area contributed by atoms with Gasteiger partial charge in [-0.15, -0.1) is 0 Å². The van der Waals surface area contributed by atoms with E-state index in [2.05, 4.69) is 34.6 Å². The summed E-state index contributed by atoms with van der Waals surface area (Å²) in [5, 5.41) is 5.01. The highest BCUT2D eigenvalue weighted by Crippen LogP contribution is 2.41. The summed E-state index contributed by atoms with van der Waals surface area (Å²) in [5.41, 5.74) is 2.34. The van der Waals surface area contributed by atoms with Crippen LogP contribution < -0.4 is 5.32 Å². The Morgan fingerprint density at radius 3 is 2.81 bits per heavy atom. The van der Waals surface area contributed by atoms with Crippen LogP contribution in [-0.4, -0.2) is 11.0 Å². The summed E-state index contributed by atoms with van der Waals surface area (Å²) in [5.74, 6) is 2.00. The van der Waals surface area contributed by atoms with Crippen molar-refractivity contribution in [1.82, 2.24) is 4.98 Å². The number of benzene rings is 1. The van der Waals surface area contributed by atoms with Crippen LogP contribution in [0.4, 0.5) is 5.69 Å². The van der Waals surface area contributed by atoms with Crippen LogP contribution in [0.5, 0.6) is 0 Å². The van der Waals surface area contributed by atoms with E-state index in [0.717, 1.165) is 17.4 Å². The Balaban J connectivity index is 1.47. The largest absolute Gasteiger partial charge is 0.382 e. The van der Waals surface area contributed by atoms with Gasteiger partial charge in [0.15, 0.2) is 0 Å². The number of hydrogen-bond donors (Lipinski definition) is 1. The maximum atomic E-state index is 4.40. The topological polar surface area (TPSA) is 24.9 Å². The van der Waals surface area contributed by atoms with Crippen molar-refractivity contribution in [3.05, 3.63) is 36.5 Å². The van der Waals surface area contributed by atoms with Crippen molar-refractivity contribution in [1.29, 1.82) is 0 Å². The summed E-state index contributed by atoms with van der Waals surface area (Å²) < 4.78 is 0. The molecule has 2 aliphatic rings. The van der Waals surface area contributed by atoms with Crippen molar-refractivity contribution in [2.75, 3.05) is 5.32 Å². The molecule has 1 aromatic heterocycles. The van der Waals surface area contributed by atoms with Crippen LogP contribution in [0, 0.1) is 11.8 Å². The molecule has 1 heterocycles. The maximum absolute atomic E-state index is 4.40. The third-order valence-electron chi connectivity index (χ3n) is 5.51. The average molecular weight is 280 g/mol. The van der Waals surface area contributed by atoms with Gasteiger partial charge in [0, 0.05) is 23.3 Å². The number of nitrogens with zero attached hydrogens (tertiary/aromatic N) is 1. The Hall–Kier alpha value is -1.57. The minimum Gasteiger partial charge on any atom is -0.382 e. The first-order valence-corrected chi connectivity index (χ1v) is 8.50. The SMILES string of the molecule is c1cnc2ccc(NC3CCC4CCCCC4C3)cc2c1. The molecule has 0 amide bonds. The summed E-state index contributed by atoms with van der Waals surface area (Å²) in [6.07, 6.45) is 11.9. The molecular weight excluding hydrogens is 256 g/mol. The molecule has 1 N–H and O–H groups in total. The molecule has 2 aromatic rings. The van der Waals surface area contributed by atoms with Gasteiger partial charge < -0.3 is 5.32 Å². The normalized spacial score (nSPS) is 29.0. The van der Waals surface area contributed by atoms with Crippen molar-refractivity contribution in [3.63, 3.8) is 0 Å². The van der Waals surface area contributed by atoms with Crippen LogP contribution in [-0.2, 0) is 0 Å². The van der Waals surface area contributed by atoms with E-state index in [0.29, 0.717) is 6.04 Å². The van der Waals surface area contributed by atoms with Crippen molar-refractivity contribution in [2.45, 2.75) is 51.0 Å². The number of nitrogens with one attached hydrogen (secondary N) is 1. The van der Waals surface area contributed by atoms with Gasteiger partial charge in [-0.05, 0) is 55.4 Å². The van der Waals surface area contributed by atoms with E-state index >= 15 is 0 Å². The third-order valence-corrected chi connectivity index (χ3v) is 5.51. The van der Waals surface area contributed by atoms with Gasteiger partial charge in [-0.2, -0.15) is 0 Å². The molecule has 0 bridgehead atoms. The number of anilines is 1. The summed E-state index contributed by atoms with van der Waals surface area (Å²) in [4.78, 5) is 4.40. The summed E-state index contributed by atoms with van der Waals surface area (Å²) >= 11 is 0. The zero-order chi connectivity index (χ0) is 14.1. The molecular formula is C19H24N2. The van der Waals surface area contributed by atoms with E-state index in [1.54, 1.807) is 0 Å². The Morgan fingerprint density at radius 1 is 0.952 bits per heavy atom. The lowest BCUT2D eigenvalue weighted by Gasteiger charge is -2.39. The standard InChI is InChI=1S/C19H24N2/c1-2-5-15-12-17(8-7-14(15)4-1)21-18-9-10-19-16(13-18)6-3-11-20-19/h3,6,9-11,13-15,17,21H,1-2,4-5,7-8,12H2. The van der Waals surface area contributed by atoms with Crippen LogP contribution in [0.3, 0.4) is 0 Å². The van der Waals surface area contributed by atoms with Gasteiger partial charge >= 0.3 is 0 Å². The monoisotopic (exact) mass is 280 g/mol. The smallest absolute Gasteiger partial charge is 0.0703 e. The first-order valence-electron chi connectivity index (χ1n) is 8.50. The lowest BCUT2D eigenvalue weighted by Crippen LogP contribution is -2.34. The number of aromatic nitrogens is 1. The van der Waals surface area contributed by atoms with Gasteiger partial charge in [0.05, 0.1) is 5.52 Å². The first kappa shape index (κ1) is 13.1. The fraction of sp³-hybridized carbons (Fsp3) is 0.526. The van der Waals surface area contributed by atoms with E-state index in [1.165, 1.54) is 56.0 Å². The quantitative estimate of drug-likeness (QED) is 0.836. The molecule has 1 aromatic carbocycles. The predicted octanol–water partition coefficient (Wildman–Crippen LogP) is 5.01. The Bertz CT molecular complexity index is 622. The van der Waals surface area contributed by atoms with Crippen molar-refractivity contribution >= 4 is 16.6 Å².